The molecule has 2 atom stereocenters. The number of nitrogens with zero attached hydrogens (tertiary/aromatic N) is 5. The summed E-state index contributed by atoms with van der Waals surface area (Å²) in [7, 11) is 3.18. The summed E-state index contributed by atoms with van der Waals surface area (Å²) < 4.78 is 22.8. The molecule has 0 bridgehead atoms. The van der Waals surface area contributed by atoms with Crippen molar-refractivity contribution in [1.82, 2.24) is 24.7 Å². The zero-order chi connectivity index (χ0) is 31.1. The molecule has 1 unspecified atom stereocenters. The molecule has 5 rings (SSSR count). The van der Waals surface area contributed by atoms with Gasteiger partial charge in [-0.25, -0.2) is 0 Å². The van der Waals surface area contributed by atoms with Crippen molar-refractivity contribution in [3.05, 3.63) is 77.4 Å². The number of carbonyl (C=O) groups excluding carboxylic acids is 1. The van der Waals surface area contributed by atoms with Gasteiger partial charge in [0.25, 0.3) is 0 Å². The minimum absolute atomic E-state index is 0. The summed E-state index contributed by atoms with van der Waals surface area (Å²) in [5, 5.41) is 0. The summed E-state index contributed by atoms with van der Waals surface area (Å²) in [6.45, 7) is 10.6. The van der Waals surface area contributed by atoms with E-state index in [9.17, 15) is 4.79 Å². The van der Waals surface area contributed by atoms with Gasteiger partial charge in [-0.05, 0) is 31.9 Å². The Bertz CT molecular complexity index is 1330. The van der Waals surface area contributed by atoms with E-state index in [1.165, 1.54) is 11.1 Å². The highest BCUT2D eigenvalue weighted by atomic mass is 35.5. The Morgan fingerprint density at radius 1 is 0.891 bits per heavy atom. The summed E-state index contributed by atoms with van der Waals surface area (Å²) in [5.41, 5.74) is 3.33. The molecule has 0 spiro atoms. The van der Waals surface area contributed by atoms with Crippen LogP contribution in [0.5, 0.6) is 17.8 Å². The lowest BCUT2D eigenvalue weighted by Crippen LogP contribution is -2.67. The number of rotatable bonds is 12. The van der Waals surface area contributed by atoms with Crippen molar-refractivity contribution in [2.75, 3.05) is 60.2 Å². The largest absolute Gasteiger partial charge is 0.481 e. The fourth-order valence-corrected chi connectivity index (χ4v) is 6.50. The third-order valence-corrected chi connectivity index (χ3v) is 8.30. The highest BCUT2D eigenvalue weighted by molar-refractivity contribution is 5.85. The molecule has 252 valence electrons. The van der Waals surface area contributed by atoms with Crippen LogP contribution >= 0.6 is 24.8 Å². The van der Waals surface area contributed by atoms with Gasteiger partial charge in [-0.1, -0.05) is 60.7 Å². The highest BCUT2D eigenvalue weighted by Gasteiger charge is 2.43. The smallest absolute Gasteiger partial charge is 0.323 e. The lowest BCUT2D eigenvalue weighted by Gasteiger charge is -2.53. The average molecular weight is 677 g/mol. The van der Waals surface area contributed by atoms with E-state index in [1.807, 2.05) is 25.7 Å². The second-order valence-corrected chi connectivity index (χ2v) is 11.6. The molecule has 12 heteroatoms. The molecule has 2 aromatic carbocycles. The van der Waals surface area contributed by atoms with Crippen LogP contribution in [0.3, 0.4) is 0 Å². The maximum Gasteiger partial charge on any atom is 0.323 e. The quantitative estimate of drug-likeness (QED) is 0.271. The first kappa shape index (κ1) is 37.3. The number of methoxy groups -OCH3 is 2. The summed E-state index contributed by atoms with van der Waals surface area (Å²) in [4.78, 5) is 29.1. The molecule has 3 heterocycles. The Balaban J connectivity index is 0.00000288. The van der Waals surface area contributed by atoms with E-state index in [1.54, 1.807) is 14.2 Å². The van der Waals surface area contributed by atoms with Crippen molar-refractivity contribution in [2.24, 2.45) is 0 Å². The number of hydrogen-bond acceptors (Lipinski definition) is 9. The van der Waals surface area contributed by atoms with E-state index in [4.69, 9.17) is 18.9 Å². The molecule has 2 aliphatic rings. The summed E-state index contributed by atoms with van der Waals surface area (Å²) >= 11 is 0. The van der Waals surface area contributed by atoms with Crippen LogP contribution in [0.25, 0.3) is 0 Å². The van der Waals surface area contributed by atoms with Gasteiger partial charge in [-0.3, -0.25) is 14.6 Å². The van der Waals surface area contributed by atoms with Gasteiger partial charge in [-0.15, -0.1) is 24.8 Å². The lowest BCUT2D eigenvalue weighted by molar-refractivity contribution is -0.140. The first-order valence-electron chi connectivity index (χ1n) is 15.5. The van der Waals surface area contributed by atoms with Gasteiger partial charge < -0.3 is 23.8 Å². The van der Waals surface area contributed by atoms with E-state index in [2.05, 4.69) is 80.4 Å². The van der Waals surface area contributed by atoms with Gasteiger partial charge in [0, 0.05) is 64.4 Å². The minimum atomic E-state index is -0.0910. The van der Waals surface area contributed by atoms with Crippen LogP contribution in [0.2, 0.25) is 0 Å². The standard InChI is InChI=1S/C34H45N5O5.2ClH/c1-6-43-34-35-32(42-5)28(33(36-34)44-24(2)3)21-37-19-27-20-38(30(40)23-41-4)17-18-39(27)29(22-37)31(25-13-9-7-10-14-25)26-15-11-8-12-16-26;;/h7-16,24,27,29,31H,6,17-23H2,1-5H3;2*1H/t27-,29?;;/m1../s1. The molecule has 2 fully saturated rings. The molecule has 2 aliphatic heterocycles. The zero-order valence-corrected chi connectivity index (χ0v) is 29.0. The molecule has 0 aliphatic carbocycles. The third-order valence-electron chi connectivity index (χ3n) is 8.30. The molecule has 0 radical (unpaired) electrons. The summed E-state index contributed by atoms with van der Waals surface area (Å²) in [6, 6.07) is 22.0. The second kappa shape index (κ2) is 17.7. The van der Waals surface area contributed by atoms with E-state index in [0.717, 1.165) is 25.2 Å². The number of amides is 1. The normalized spacial score (nSPS) is 18.4. The topological polar surface area (TPSA) is 89.5 Å². The number of piperazine rings is 2. The zero-order valence-electron chi connectivity index (χ0n) is 27.3. The Morgan fingerprint density at radius 2 is 1.52 bits per heavy atom. The van der Waals surface area contributed by atoms with E-state index < -0.39 is 0 Å². The van der Waals surface area contributed by atoms with Crippen LogP contribution in [0.15, 0.2) is 60.7 Å². The number of hydrogen-bond donors (Lipinski definition) is 0. The highest BCUT2D eigenvalue weighted by Crippen LogP contribution is 2.37. The van der Waals surface area contributed by atoms with Crippen LogP contribution in [0.4, 0.5) is 0 Å². The predicted molar refractivity (Wildman–Crippen MR) is 183 cm³/mol. The third kappa shape index (κ3) is 8.80. The SMILES string of the molecule is CCOc1nc(OC)c(CN2CC(C(c3ccccc3)c3ccccc3)N3CCN(C(=O)COC)C[C@H]3C2)c(OC(C)C)n1.Cl.Cl. The number of halogens is 2. The molecular weight excluding hydrogens is 629 g/mol. The summed E-state index contributed by atoms with van der Waals surface area (Å²) in [5.74, 6) is 1.07. The molecule has 3 aromatic rings. The monoisotopic (exact) mass is 675 g/mol. The fourth-order valence-electron chi connectivity index (χ4n) is 6.50. The van der Waals surface area contributed by atoms with Crippen molar-refractivity contribution in [1.29, 1.82) is 0 Å². The first-order chi connectivity index (χ1) is 21.4. The van der Waals surface area contributed by atoms with E-state index in [-0.39, 0.29) is 67.4 Å². The van der Waals surface area contributed by atoms with Crippen molar-refractivity contribution < 1.29 is 23.7 Å². The number of benzene rings is 2. The number of fused-ring (bicyclic) bond motifs is 1. The van der Waals surface area contributed by atoms with Gasteiger partial charge >= 0.3 is 6.01 Å². The van der Waals surface area contributed by atoms with Gasteiger partial charge in [-0.2, -0.15) is 9.97 Å². The van der Waals surface area contributed by atoms with Crippen molar-refractivity contribution in [2.45, 2.75) is 51.4 Å². The molecular formula is C34H47Cl2N5O5. The molecule has 1 aromatic heterocycles. The van der Waals surface area contributed by atoms with Crippen molar-refractivity contribution in [3.8, 4) is 17.8 Å². The van der Waals surface area contributed by atoms with Crippen molar-refractivity contribution in [3.63, 3.8) is 0 Å². The molecule has 10 nitrogen and oxygen atoms in total. The first-order valence-corrected chi connectivity index (χ1v) is 15.5. The molecule has 0 N–H and O–H groups in total. The number of carbonyl (C=O) groups is 1. The van der Waals surface area contributed by atoms with Crippen LogP contribution < -0.4 is 14.2 Å². The average Bonchev–Trinajstić information content (AvgIpc) is 3.03. The maximum atomic E-state index is 12.9. The number of aromatic nitrogens is 2. The van der Waals surface area contributed by atoms with Gasteiger partial charge in [0.15, 0.2) is 0 Å². The van der Waals surface area contributed by atoms with E-state index in [0.29, 0.717) is 38.0 Å². The molecule has 46 heavy (non-hydrogen) atoms. The summed E-state index contributed by atoms with van der Waals surface area (Å²) in [6.07, 6.45) is -0.0910. The number of ether oxygens (including phenoxy) is 4. The van der Waals surface area contributed by atoms with Gasteiger partial charge in [0.05, 0.1) is 25.4 Å². The van der Waals surface area contributed by atoms with Crippen molar-refractivity contribution >= 4 is 30.7 Å². The molecule has 1 amide bonds. The van der Waals surface area contributed by atoms with Crippen LogP contribution in [-0.4, -0.2) is 109 Å². The lowest BCUT2D eigenvalue weighted by atomic mass is 9.81. The Morgan fingerprint density at radius 3 is 2.09 bits per heavy atom. The van der Waals surface area contributed by atoms with E-state index >= 15 is 0 Å². The van der Waals surface area contributed by atoms with Crippen LogP contribution in [0.1, 0.15) is 43.4 Å². The van der Waals surface area contributed by atoms with Crippen LogP contribution in [-0.2, 0) is 16.1 Å². The van der Waals surface area contributed by atoms with Crippen LogP contribution in [0, 0.1) is 0 Å². The van der Waals surface area contributed by atoms with Gasteiger partial charge in [0.1, 0.15) is 6.61 Å². The Kier molecular flexibility index (Phi) is 14.3. The second-order valence-electron chi connectivity index (χ2n) is 11.6. The Hall–Kier alpha value is -3.15. The minimum Gasteiger partial charge on any atom is -0.481 e. The van der Waals surface area contributed by atoms with Gasteiger partial charge in [0.2, 0.25) is 17.7 Å². The Labute approximate surface area is 285 Å². The maximum absolute atomic E-state index is 12.9. The fraction of sp³-hybridized carbons (Fsp3) is 0.500. The molecule has 2 saturated heterocycles. The predicted octanol–water partition coefficient (Wildman–Crippen LogP) is 4.69. The molecule has 0 saturated carbocycles.